The number of halogens is 4. The molecule has 0 fully saturated rings. The molecule has 2 nitrogen and oxygen atoms in total. The predicted octanol–water partition coefficient (Wildman–Crippen LogP) is 3.10. The summed E-state index contributed by atoms with van der Waals surface area (Å²) in [4.78, 5) is 10.4. The Labute approximate surface area is 91.8 Å². The first-order valence-corrected chi connectivity index (χ1v) is 4.67. The highest BCUT2D eigenvalue weighted by molar-refractivity contribution is 9.10. The second-order valence-corrected chi connectivity index (χ2v) is 3.73. The summed E-state index contributed by atoms with van der Waals surface area (Å²) < 4.78 is 37.2. The molecule has 15 heavy (non-hydrogen) atoms. The monoisotopic (exact) mass is 282 g/mol. The Morgan fingerprint density at radius 3 is 2.47 bits per heavy atom. The van der Waals surface area contributed by atoms with Gasteiger partial charge >= 0.3 is 12.1 Å². The van der Waals surface area contributed by atoms with Crippen molar-refractivity contribution in [1.82, 2.24) is 0 Å². The summed E-state index contributed by atoms with van der Waals surface area (Å²) in [6.45, 7) is 0. The Kier molecular flexibility index (Phi) is 3.38. The lowest BCUT2D eigenvalue weighted by molar-refractivity contribution is -0.138. The topological polar surface area (TPSA) is 37.3 Å². The highest BCUT2D eigenvalue weighted by Gasteiger charge is 2.30. The molecule has 0 unspecified atom stereocenters. The zero-order valence-corrected chi connectivity index (χ0v) is 8.89. The number of benzene rings is 1. The van der Waals surface area contributed by atoms with Crippen LogP contribution in [0.1, 0.15) is 11.1 Å². The van der Waals surface area contributed by atoms with Crippen molar-refractivity contribution >= 4 is 21.9 Å². The van der Waals surface area contributed by atoms with Crippen molar-refractivity contribution in [3.63, 3.8) is 0 Å². The van der Waals surface area contributed by atoms with E-state index in [0.717, 1.165) is 12.1 Å². The van der Waals surface area contributed by atoms with E-state index in [2.05, 4.69) is 15.9 Å². The molecule has 0 atom stereocenters. The van der Waals surface area contributed by atoms with E-state index in [9.17, 15) is 18.0 Å². The lowest BCUT2D eigenvalue weighted by Gasteiger charge is -2.09. The predicted molar refractivity (Wildman–Crippen MR) is 50.5 cm³/mol. The summed E-state index contributed by atoms with van der Waals surface area (Å²) in [5.41, 5.74) is -0.737. The van der Waals surface area contributed by atoms with Crippen molar-refractivity contribution in [2.24, 2.45) is 0 Å². The van der Waals surface area contributed by atoms with Crippen LogP contribution < -0.4 is 0 Å². The van der Waals surface area contributed by atoms with Crippen molar-refractivity contribution in [2.75, 3.05) is 0 Å². The molecule has 0 heterocycles. The van der Waals surface area contributed by atoms with Crippen LogP contribution in [0, 0.1) is 0 Å². The van der Waals surface area contributed by atoms with E-state index in [1.54, 1.807) is 0 Å². The highest BCUT2D eigenvalue weighted by Crippen LogP contribution is 2.31. The molecule has 1 aromatic rings. The molecule has 1 N–H and O–H groups in total. The van der Waals surface area contributed by atoms with Gasteiger partial charge in [-0.05, 0) is 23.8 Å². The van der Waals surface area contributed by atoms with Gasteiger partial charge in [-0.2, -0.15) is 13.2 Å². The van der Waals surface area contributed by atoms with Gasteiger partial charge in [0.1, 0.15) is 0 Å². The van der Waals surface area contributed by atoms with Crippen molar-refractivity contribution in [3.05, 3.63) is 33.8 Å². The first kappa shape index (κ1) is 12.0. The minimum atomic E-state index is -4.45. The van der Waals surface area contributed by atoms with E-state index in [0.29, 0.717) is 4.47 Å². The van der Waals surface area contributed by atoms with E-state index < -0.39 is 24.1 Å². The maximum absolute atomic E-state index is 12.3. The van der Waals surface area contributed by atoms with E-state index >= 15 is 0 Å². The van der Waals surface area contributed by atoms with Crippen LogP contribution in [0.3, 0.4) is 0 Å². The van der Waals surface area contributed by atoms with Crippen LogP contribution in [0.15, 0.2) is 22.7 Å². The second kappa shape index (κ2) is 4.22. The van der Waals surface area contributed by atoms with Gasteiger partial charge in [0.05, 0.1) is 12.0 Å². The SMILES string of the molecule is O=C(O)Cc1cc(C(F)(F)F)ccc1Br. The molecule has 0 aliphatic heterocycles. The van der Waals surface area contributed by atoms with Crippen molar-refractivity contribution < 1.29 is 23.1 Å². The zero-order chi connectivity index (χ0) is 11.6. The minimum Gasteiger partial charge on any atom is -0.481 e. The molecule has 0 amide bonds. The summed E-state index contributed by atoms with van der Waals surface area (Å²) in [6, 6.07) is 2.93. The van der Waals surface area contributed by atoms with E-state index in [4.69, 9.17) is 5.11 Å². The van der Waals surface area contributed by atoms with Crippen LogP contribution in [0.5, 0.6) is 0 Å². The van der Waals surface area contributed by atoms with Crippen molar-refractivity contribution in [1.29, 1.82) is 0 Å². The van der Waals surface area contributed by atoms with Crippen molar-refractivity contribution in [2.45, 2.75) is 12.6 Å². The first-order valence-electron chi connectivity index (χ1n) is 3.88. The third-order valence-electron chi connectivity index (χ3n) is 1.71. The summed E-state index contributed by atoms with van der Waals surface area (Å²) >= 11 is 2.99. The fourth-order valence-corrected chi connectivity index (χ4v) is 1.44. The van der Waals surface area contributed by atoms with Gasteiger partial charge < -0.3 is 5.11 Å². The number of rotatable bonds is 2. The minimum absolute atomic E-state index is 0.109. The molecule has 1 aromatic carbocycles. The molecule has 0 saturated heterocycles. The molecule has 0 aliphatic rings. The van der Waals surface area contributed by atoms with Gasteiger partial charge in [-0.25, -0.2) is 0 Å². The Hall–Kier alpha value is -1.04. The third kappa shape index (κ3) is 3.23. The molecule has 6 heteroatoms. The smallest absolute Gasteiger partial charge is 0.416 e. The lowest BCUT2D eigenvalue weighted by atomic mass is 10.1. The summed E-state index contributed by atoms with van der Waals surface area (Å²) in [5, 5.41) is 8.48. The van der Waals surface area contributed by atoms with Gasteiger partial charge in [0.2, 0.25) is 0 Å². The average molecular weight is 283 g/mol. The van der Waals surface area contributed by atoms with Crippen LogP contribution >= 0.6 is 15.9 Å². The summed E-state index contributed by atoms with van der Waals surface area (Å²) in [6.07, 6.45) is -4.89. The summed E-state index contributed by atoms with van der Waals surface area (Å²) in [7, 11) is 0. The number of carbonyl (C=O) groups is 1. The van der Waals surface area contributed by atoms with Crippen LogP contribution in [-0.4, -0.2) is 11.1 Å². The van der Waals surface area contributed by atoms with Gasteiger partial charge in [-0.15, -0.1) is 0 Å². The Balaban J connectivity index is 3.11. The molecule has 0 spiro atoms. The number of hydrogen-bond acceptors (Lipinski definition) is 1. The molecule has 0 radical (unpaired) electrons. The first-order chi connectivity index (χ1) is 6.80. The van der Waals surface area contributed by atoms with Crippen LogP contribution in [-0.2, 0) is 17.4 Å². The number of carboxylic acid groups (broad SMARTS) is 1. The van der Waals surface area contributed by atoms with E-state index in [1.165, 1.54) is 6.07 Å². The van der Waals surface area contributed by atoms with Crippen LogP contribution in [0.25, 0.3) is 0 Å². The van der Waals surface area contributed by atoms with Crippen molar-refractivity contribution in [3.8, 4) is 0 Å². The largest absolute Gasteiger partial charge is 0.481 e. The molecule has 0 aliphatic carbocycles. The Bertz CT molecular complexity index is 387. The average Bonchev–Trinajstić information content (AvgIpc) is 2.06. The third-order valence-corrected chi connectivity index (χ3v) is 2.49. The quantitative estimate of drug-likeness (QED) is 0.905. The Morgan fingerprint density at radius 1 is 1.40 bits per heavy atom. The molecular weight excluding hydrogens is 277 g/mol. The van der Waals surface area contributed by atoms with Gasteiger partial charge in [0.25, 0.3) is 0 Å². The second-order valence-electron chi connectivity index (χ2n) is 2.87. The highest BCUT2D eigenvalue weighted by atomic mass is 79.9. The van der Waals surface area contributed by atoms with Gasteiger partial charge in [0.15, 0.2) is 0 Å². The van der Waals surface area contributed by atoms with E-state index in [1.807, 2.05) is 0 Å². The van der Waals surface area contributed by atoms with Gasteiger partial charge in [-0.1, -0.05) is 15.9 Å². The standard InChI is InChI=1S/C9H6BrF3O2/c10-7-2-1-6(9(11,12)13)3-5(7)4-8(14)15/h1-3H,4H2,(H,14,15). The molecule has 82 valence electrons. The lowest BCUT2D eigenvalue weighted by Crippen LogP contribution is -2.07. The van der Waals surface area contributed by atoms with E-state index in [-0.39, 0.29) is 5.56 Å². The fraction of sp³-hybridized carbons (Fsp3) is 0.222. The normalized spacial score (nSPS) is 11.5. The summed E-state index contributed by atoms with van der Waals surface area (Å²) in [5.74, 6) is -1.17. The molecule has 1 rings (SSSR count). The molecule has 0 saturated carbocycles. The van der Waals surface area contributed by atoms with Gasteiger partial charge in [-0.3, -0.25) is 4.79 Å². The zero-order valence-electron chi connectivity index (χ0n) is 7.31. The fourth-order valence-electron chi connectivity index (χ4n) is 1.05. The van der Waals surface area contributed by atoms with Gasteiger partial charge in [0, 0.05) is 4.47 Å². The van der Waals surface area contributed by atoms with Crippen LogP contribution in [0.4, 0.5) is 13.2 Å². The number of aliphatic carboxylic acids is 1. The maximum Gasteiger partial charge on any atom is 0.416 e. The maximum atomic E-state index is 12.3. The molecule has 0 aromatic heterocycles. The molecule has 0 bridgehead atoms. The number of hydrogen-bond donors (Lipinski definition) is 1. The van der Waals surface area contributed by atoms with Crippen LogP contribution in [0.2, 0.25) is 0 Å². The number of carboxylic acids is 1. The molecular formula is C9H6BrF3O2. The number of alkyl halides is 3. The Morgan fingerprint density at radius 2 is 2.00 bits per heavy atom.